The van der Waals surface area contributed by atoms with Crippen LogP contribution in [-0.2, 0) is 5.60 Å². The third kappa shape index (κ3) is 2.20. The second kappa shape index (κ2) is 4.38. The molecule has 0 aliphatic rings. The second-order valence-corrected chi connectivity index (χ2v) is 3.51. The van der Waals surface area contributed by atoms with E-state index in [4.69, 9.17) is 0 Å². The minimum Gasteiger partial charge on any atom is -0.382 e. The van der Waals surface area contributed by atoms with Crippen LogP contribution in [0.4, 0.5) is 4.39 Å². The third-order valence-corrected chi connectivity index (χ3v) is 2.34. The summed E-state index contributed by atoms with van der Waals surface area (Å²) >= 11 is 0. The monoisotopic (exact) mass is 194 g/mol. The first-order valence-electron chi connectivity index (χ1n) is 4.62. The summed E-state index contributed by atoms with van der Waals surface area (Å²) < 4.78 is 13.5. The molecule has 0 saturated carbocycles. The zero-order valence-corrected chi connectivity index (χ0v) is 8.28. The highest BCUT2D eigenvalue weighted by Gasteiger charge is 2.32. The molecule has 0 aliphatic carbocycles. The van der Waals surface area contributed by atoms with Crippen LogP contribution in [0.1, 0.15) is 18.9 Å². The highest BCUT2D eigenvalue weighted by Crippen LogP contribution is 2.28. The first-order valence-corrected chi connectivity index (χ1v) is 4.62. The van der Waals surface area contributed by atoms with Crippen LogP contribution < -0.4 is 0 Å². The SMILES string of the molecule is C=CC[C@@H](F)C(C)(O)c1ccccc1. The van der Waals surface area contributed by atoms with Crippen molar-refractivity contribution in [1.82, 2.24) is 0 Å². The number of benzene rings is 1. The molecule has 1 nitrogen and oxygen atoms in total. The minimum atomic E-state index is -1.44. The fraction of sp³-hybridized carbons (Fsp3) is 0.333. The third-order valence-electron chi connectivity index (χ3n) is 2.34. The summed E-state index contributed by atoms with van der Waals surface area (Å²) in [6.07, 6.45) is 0.312. The maximum absolute atomic E-state index is 13.5. The van der Waals surface area contributed by atoms with Gasteiger partial charge in [0.15, 0.2) is 0 Å². The molecule has 1 aromatic rings. The molecule has 2 atom stereocenters. The van der Waals surface area contributed by atoms with Gasteiger partial charge in [0.1, 0.15) is 11.8 Å². The maximum Gasteiger partial charge on any atom is 0.136 e. The molecule has 0 radical (unpaired) electrons. The number of halogens is 1. The smallest absolute Gasteiger partial charge is 0.136 e. The predicted octanol–water partition coefficient (Wildman–Crippen LogP) is 2.81. The van der Waals surface area contributed by atoms with Crippen molar-refractivity contribution in [1.29, 1.82) is 0 Å². The molecular weight excluding hydrogens is 179 g/mol. The summed E-state index contributed by atoms with van der Waals surface area (Å²) in [7, 11) is 0. The summed E-state index contributed by atoms with van der Waals surface area (Å²) in [5.41, 5.74) is -0.843. The Hall–Kier alpha value is -1.15. The van der Waals surface area contributed by atoms with Crippen LogP contribution in [0.15, 0.2) is 43.0 Å². The van der Waals surface area contributed by atoms with Crippen LogP contribution in [-0.4, -0.2) is 11.3 Å². The van der Waals surface area contributed by atoms with Crippen molar-refractivity contribution in [2.24, 2.45) is 0 Å². The Balaban J connectivity index is 2.89. The number of alkyl halides is 1. The summed E-state index contributed by atoms with van der Waals surface area (Å²) in [6.45, 7) is 4.94. The van der Waals surface area contributed by atoms with Crippen molar-refractivity contribution in [3.05, 3.63) is 48.6 Å². The number of rotatable bonds is 4. The quantitative estimate of drug-likeness (QED) is 0.731. The fourth-order valence-corrected chi connectivity index (χ4v) is 1.33. The lowest BCUT2D eigenvalue weighted by Crippen LogP contribution is -2.33. The summed E-state index contributed by atoms with van der Waals surface area (Å²) in [4.78, 5) is 0. The van der Waals surface area contributed by atoms with Gasteiger partial charge >= 0.3 is 0 Å². The van der Waals surface area contributed by atoms with Gasteiger partial charge in [0, 0.05) is 0 Å². The molecule has 14 heavy (non-hydrogen) atoms. The zero-order valence-electron chi connectivity index (χ0n) is 8.28. The lowest BCUT2D eigenvalue weighted by molar-refractivity contribution is -0.0229. The molecule has 0 aromatic heterocycles. The summed E-state index contributed by atoms with van der Waals surface area (Å²) in [5, 5.41) is 9.96. The van der Waals surface area contributed by atoms with E-state index in [9.17, 15) is 9.50 Å². The number of hydrogen-bond acceptors (Lipinski definition) is 1. The first-order chi connectivity index (χ1) is 6.59. The van der Waals surface area contributed by atoms with Crippen molar-refractivity contribution >= 4 is 0 Å². The largest absolute Gasteiger partial charge is 0.382 e. The van der Waals surface area contributed by atoms with Crippen molar-refractivity contribution in [2.75, 3.05) is 0 Å². The van der Waals surface area contributed by atoms with Gasteiger partial charge in [0.2, 0.25) is 0 Å². The van der Waals surface area contributed by atoms with E-state index in [2.05, 4.69) is 6.58 Å². The van der Waals surface area contributed by atoms with E-state index in [1.165, 1.54) is 13.0 Å². The molecular formula is C12H15FO. The van der Waals surface area contributed by atoms with E-state index < -0.39 is 11.8 Å². The van der Waals surface area contributed by atoms with Gasteiger partial charge in [-0.25, -0.2) is 4.39 Å². The fourth-order valence-electron chi connectivity index (χ4n) is 1.33. The molecule has 0 aliphatic heterocycles. The van der Waals surface area contributed by atoms with Gasteiger partial charge < -0.3 is 5.11 Å². The van der Waals surface area contributed by atoms with Crippen LogP contribution in [0, 0.1) is 0 Å². The van der Waals surface area contributed by atoms with Crippen LogP contribution in [0.2, 0.25) is 0 Å². The Bertz CT molecular complexity index is 292. The Morgan fingerprint density at radius 1 is 1.50 bits per heavy atom. The van der Waals surface area contributed by atoms with E-state index in [1.54, 1.807) is 24.3 Å². The molecule has 1 N–H and O–H groups in total. The Morgan fingerprint density at radius 2 is 2.07 bits per heavy atom. The highest BCUT2D eigenvalue weighted by atomic mass is 19.1. The van der Waals surface area contributed by atoms with Crippen molar-refractivity contribution in [2.45, 2.75) is 25.1 Å². The standard InChI is InChI=1S/C12H15FO/c1-3-7-11(13)12(2,14)10-8-5-4-6-9-10/h3-6,8-9,11,14H,1,7H2,2H3/t11-,12?/m1/s1. The van der Waals surface area contributed by atoms with Gasteiger partial charge in [-0.15, -0.1) is 6.58 Å². The number of aliphatic hydroxyl groups is 1. The van der Waals surface area contributed by atoms with E-state index >= 15 is 0 Å². The molecule has 0 heterocycles. The van der Waals surface area contributed by atoms with Gasteiger partial charge in [-0.2, -0.15) is 0 Å². The average molecular weight is 194 g/mol. The molecule has 2 heteroatoms. The van der Waals surface area contributed by atoms with Gasteiger partial charge in [0.05, 0.1) is 0 Å². The predicted molar refractivity (Wildman–Crippen MR) is 55.7 cm³/mol. The number of hydrogen-bond donors (Lipinski definition) is 1. The maximum atomic E-state index is 13.5. The first kappa shape index (κ1) is 10.9. The minimum absolute atomic E-state index is 0.155. The molecule has 0 spiro atoms. The Kier molecular flexibility index (Phi) is 3.42. The van der Waals surface area contributed by atoms with E-state index in [1.807, 2.05) is 6.07 Å². The zero-order chi connectivity index (χ0) is 10.6. The number of allylic oxidation sites excluding steroid dienone is 1. The van der Waals surface area contributed by atoms with Crippen LogP contribution in [0.3, 0.4) is 0 Å². The van der Waals surface area contributed by atoms with E-state index in [-0.39, 0.29) is 6.42 Å². The van der Waals surface area contributed by atoms with Crippen molar-refractivity contribution < 1.29 is 9.50 Å². The van der Waals surface area contributed by atoms with Gasteiger partial charge in [-0.05, 0) is 18.9 Å². The molecule has 1 aromatic carbocycles. The van der Waals surface area contributed by atoms with E-state index in [0.29, 0.717) is 5.56 Å². The second-order valence-electron chi connectivity index (χ2n) is 3.51. The lowest BCUT2D eigenvalue weighted by atomic mass is 9.89. The Labute approximate surface area is 83.9 Å². The highest BCUT2D eigenvalue weighted by molar-refractivity contribution is 5.23. The van der Waals surface area contributed by atoms with Crippen LogP contribution in [0.25, 0.3) is 0 Å². The molecule has 76 valence electrons. The molecule has 0 saturated heterocycles. The summed E-state index contributed by atoms with van der Waals surface area (Å²) in [6, 6.07) is 8.83. The summed E-state index contributed by atoms with van der Waals surface area (Å²) in [5.74, 6) is 0. The molecule has 1 rings (SSSR count). The molecule has 0 amide bonds. The Morgan fingerprint density at radius 3 is 2.57 bits per heavy atom. The van der Waals surface area contributed by atoms with Crippen molar-refractivity contribution in [3.8, 4) is 0 Å². The molecule has 0 bridgehead atoms. The van der Waals surface area contributed by atoms with Gasteiger partial charge in [-0.3, -0.25) is 0 Å². The normalized spacial score (nSPS) is 17.1. The average Bonchev–Trinajstić information content (AvgIpc) is 2.19. The van der Waals surface area contributed by atoms with Crippen LogP contribution >= 0.6 is 0 Å². The van der Waals surface area contributed by atoms with Crippen LogP contribution in [0.5, 0.6) is 0 Å². The van der Waals surface area contributed by atoms with Crippen molar-refractivity contribution in [3.63, 3.8) is 0 Å². The van der Waals surface area contributed by atoms with Gasteiger partial charge in [0.25, 0.3) is 0 Å². The molecule has 1 unspecified atom stereocenters. The van der Waals surface area contributed by atoms with E-state index in [0.717, 1.165) is 0 Å². The molecule has 0 fully saturated rings. The topological polar surface area (TPSA) is 20.2 Å². The lowest BCUT2D eigenvalue weighted by Gasteiger charge is -2.27. The van der Waals surface area contributed by atoms with Gasteiger partial charge in [-0.1, -0.05) is 36.4 Å².